The van der Waals surface area contributed by atoms with Gasteiger partial charge in [0.1, 0.15) is 30.5 Å². The van der Waals surface area contributed by atoms with E-state index >= 15 is 0 Å². The number of rotatable bonds is 13. The Labute approximate surface area is 193 Å². The molecule has 10 nitrogen and oxygen atoms in total. The first-order chi connectivity index (χ1) is 16.0. The van der Waals surface area contributed by atoms with E-state index in [-0.39, 0.29) is 5.95 Å². The molecule has 0 aliphatic rings. The van der Waals surface area contributed by atoms with E-state index < -0.39 is 0 Å². The minimum absolute atomic E-state index is 0.104. The molecule has 178 valence electrons. The summed E-state index contributed by atoms with van der Waals surface area (Å²) in [4.78, 5) is 12.6. The molecule has 0 aliphatic heterocycles. The number of hydrogen-bond donors (Lipinski definition) is 3. The molecule has 5 N–H and O–H groups in total. The van der Waals surface area contributed by atoms with E-state index in [0.717, 1.165) is 22.6 Å². The van der Waals surface area contributed by atoms with Crippen molar-refractivity contribution < 1.29 is 18.9 Å². The normalized spacial score (nSPS) is 11.0. The zero-order valence-corrected chi connectivity index (χ0v) is 19.4. The minimum atomic E-state index is 0.104. The molecule has 1 aromatic carbocycles. The first kappa shape index (κ1) is 24.3. The van der Waals surface area contributed by atoms with Gasteiger partial charge in [-0.05, 0) is 44.0 Å². The lowest BCUT2D eigenvalue weighted by Gasteiger charge is -2.17. The molecular weight excluding hydrogens is 424 g/mol. The van der Waals surface area contributed by atoms with Crippen LogP contribution in [0, 0.1) is 6.92 Å². The summed E-state index contributed by atoms with van der Waals surface area (Å²) in [6.07, 6.45) is 1.76. The van der Waals surface area contributed by atoms with Crippen LogP contribution >= 0.6 is 0 Å². The van der Waals surface area contributed by atoms with E-state index in [4.69, 9.17) is 30.4 Å². The number of fused-ring (bicyclic) bond motifs is 1. The highest BCUT2D eigenvalue weighted by molar-refractivity contribution is 5.90. The molecule has 0 fully saturated rings. The molecule has 0 amide bonds. The van der Waals surface area contributed by atoms with E-state index in [9.17, 15) is 0 Å². The van der Waals surface area contributed by atoms with Gasteiger partial charge in [0.2, 0.25) is 5.95 Å². The van der Waals surface area contributed by atoms with Gasteiger partial charge in [0, 0.05) is 32.0 Å². The first-order valence-electron chi connectivity index (χ1n) is 11.0. The zero-order chi connectivity index (χ0) is 23.6. The molecule has 0 saturated heterocycles. The summed E-state index contributed by atoms with van der Waals surface area (Å²) in [6, 6.07) is 5.66. The van der Waals surface area contributed by atoms with E-state index in [1.165, 1.54) is 0 Å². The fraction of sp³-hybridized carbons (Fsp3) is 0.435. The summed E-state index contributed by atoms with van der Waals surface area (Å²) in [6.45, 7) is 9.61. The minimum Gasteiger partial charge on any atom is -0.491 e. The van der Waals surface area contributed by atoms with Crippen molar-refractivity contribution in [1.82, 2.24) is 15.0 Å². The number of benzene rings is 1. The number of nitrogens with one attached hydrogen (secondary N) is 1. The molecule has 33 heavy (non-hydrogen) atoms. The third-order valence-corrected chi connectivity index (χ3v) is 4.94. The molecule has 0 saturated carbocycles. The van der Waals surface area contributed by atoms with Crippen LogP contribution in [-0.2, 0) is 16.0 Å². The topological polar surface area (TPSA) is 140 Å². The smallest absolute Gasteiger partial charge is 0.224 e. The standard InChI is InChI=1S/C23H32N6O4/c1-4-30-8-10-32-17-6-7-19(33-11-9-31-5-2)18(12-17)26-13-16-14-27-22-20(15(16)3)21(24)28-23(25)29-22/h6-7,12,14,26H,4-5,8-11,13H2,1-3H3,(H4,24,25,27,28,29). The highest BCUT2D eigenvalue weighted by Gasteiger charge is 2.13. The number of ether oxygens (including phenoxy) is 4. The fourth-order valence-corrected chi connectivity index (χ4v) is 3.28. The third kappa shape index (κ3) is 6.56. The number of nitrogens with zero attached hydrogens (tertiary/aromatic N) is 3. The largest absolute Gasteiger partial charge is 0.491 e. The molecule has 0 unspecified atom stereocenters. The molecule has 0 atom stereocenters. The van der Waals surface area contributed by atoms with Crippen LogP contribution in [0.4, 0.5) is 17.5 Å². The SMILES string of the molecule is CCOCCOc1ccc(OCCOCC)c(NCc2cnc3nc(N)nc(N)c3c2C)c1. The monoisotopic (exact) mass is 456 g/mol. The Morgan fingerprint density at radius 1 is 0.939 bits per heavy atom. The summed E-state index contributed by atoms with van der Waals surface area (Å²) >= 11 is 0. The Morgan fingerprint density at radius 2 is 1.67 bits per heavy atom. The molecule has 3 aromatic rings. The van der Waals surface area contributed by atoms with Gasteiger partial charge in [-0.3, -0.25) is 0 Å². The maximum absolute atomic E-state index is 6.08. The number of pyridine rings is 1. The summed E-state index contributed by atoms with van der Waals surface area (Å²) in [5.41, 5.74) is 14.9. The van der Waals surface area contributed by atoms with Crippen molar-refractivity contribution in [2.75, 3.05) is 56.4 Å². The number of nitrogens with two attached hydrogens (primary N) is 2. The van der Waals surface area contributed by atoms with Gasteiger partial charge >= 0.3 is 0 Å². The highest BCUT2D eigenvalue weighted by Crippen LogP contribution is 2.31. The predicted molar refractivity (Wildman–Crippen MR) is 129 cm³/mol. The average molecular weight is 457 g/mol. The van der Waals surface area contributed by atoms with E-state index in [1.807, 2.05) is 39.0 Å². The Balaban J connectivity index is 1.78. The van der Waals surface area contributed by atoms with Crippen molar-refractivity contribution >= 4 is 28.5 Å². The Kier molecular flexibility index (Phi) is 8.85. The molecule has 2 aromatic heterocycles. The van der Waals surface area contributed by atoms with Crippen molar-refractivity contribution in [2.45, 2.75) is 27.3 Å². The molecule has 0 spiro atoms. The number of aryl methyl sites for hydroxylation is 1. The Morgan fingerprint density at radius 3 is 2.39 bits per heavy atom. The molecule has 3 rings (SSSR count). The highest BCUT2D eigenvalue weighted by atomic mass is 16.5. The lowest BCUT2D eigenvalue weighted by Crippen LogP contribution is -2.10. The number of aromatic nitrogens is 3. The first-order valence-corrected chi connectivity index (χ1v) is 11.0. The van der Waals surface area contributed by atoms with Gasteiger partial charge in [-0.2, -0.15) is 9.97 Å². The van der Waals surface area contributed by atoms with Crippen LogP contribution in [0.1, 0.15) is 25.0 Å². The van der Waals surface area contributed by atoms with Crippen molar-refractivity contribution in [2.24, 2.45) is 0 Å². The van der Waals surface area contributed by atoms with Crippen LogP contribution in [0.25, 0.3) is 11.0 Å². The molecular formula is C23H32N6O4. The van der Waals surface area contributed by atoms with Crippen molar-refractivity contribution in [3.63, 3.8) is 0 Å². The van der Waals surface area contributed by atoms with Crippen molar-refractivity contribution in [1.29, 1.82) is 0 Å². The summed E-state index contributed by atoms with van der Waals surface area (Å²) in [7, 11) is 0. The lowest BCUT2D eigenvalue weighted by atomic mass is 10.1. The van der Waals surface area contributed by atoms with Gasteiger partial charge < -0.3 is 35.7 Å². The third-order valence-electron chi connectivity index (χ3n) is 4.94. The van der Waals surface area contributed by atoms with Gasteiger partial charge in [0.05, 0.1) is 24.3 Å². The van der Waals surface area contributed by atoms with Crippen LogP contribution in [0.15, 0.2) is 24.4 Å². The average Bonchev–Trinajstić information content (AvgIpc) is 2.79. The van der Waals surface area contributed by atoms with E-state index in [1.54, 1.807) is 6.20 Å². The number of anilines is 3. The van der Waals surface area contributed by atoms with Gasteiger partial charge in [-0.25, -0.2) is 4.98 Å². The maximum Gasteiger partial charge on any atom is 0.224 e. The molecule has 0 radical (unpaired) electrons. The van der Waals surface area contributed by atoms with Crippen LogP contribution < -0.4 is 26.3 Å². The van der Waals surface area contributed by atoms with Gasteiger partial charge in [-0.15, -0.1) is 0 Å². The molecule has 0 bridgehead atoms. The Bertz CT molecular complexity index is 1060. The molecule has 10 heteroatoms. The van der Waals surface area contributed by atoms with E-state index in [2.05, 4.69) is 20.3 Å². The van der Waals surface area contributed by atoms with Crippen molar-refractivity contribution in [3.8, 4) is 11.5 Å². The number of nitrogen functional groups attached to an aromatic ring is 2. The van der Waals surface area contributed by atoms with Crippen LogP contribution in [-0.4, -0.2) is 54.6 Å². The lowest BCUT2D eigenvalue weighted by molar-refractivity contribution is 0.109. The Hall–Kier alpha value is -3.37. The van der Waals surface area contributed by atoms with Gasteiger partial charge in [0.15, 0.2) is 5.65 Å². The van der Waals surface area contributed by atoms with Crippen LogP contribution in [0.3, 0.4) is 0 Å². The number of hydrogen-bond acceptors (Lipinski definition) is 10. The zero-order valence-electron chi connectivity index (χ0n) is 19.4. The molecule has 2 heterocycles. The summed E-state index contributed by atoms with van der Waals surface area (Å²) in [5.74, 6) is 1.84. The maximum atomic E-state index is 6.08. The van der Waals surface area contributed by atoms with Gasteiger partial charge in [0.25, 0.3) is 0 Å². The van der Waals surface area contributed by atoms with Crippen LogP contribution in [0.2, 0.25) is 0 Å². The van der Waals surface area contributed by atoms with Gasteiger partial charge in [-0.1, -0.05) is 0 Å². The molecule has 0 aliphatic carbocycles. The second-order valence-electron chi connectivity index (χ2n) is 7.18. The second-order valence-corrected chi connectivity index (χ2v) is 7.18. The van der Waals surface area contributed by atoms with E-state index in [0.29, 0.717) is 68.8 Å². The quantitative estimate of drug-likeness (QED) is 0.329. The van der Waals surface area contributed by atoms with Crippen LogP contribution in [0.5, 0.6) is 11.5 Å². The summed E-state index contributed by atoms with van der Waals surface area (Å²) < 4.78 is 22.4. The van der Waals surface area contributed by atoms with Crippen molar-refractivity contribution in [3.05, 3.63) is 35.5 Å². The fourth-order valence-electron chi connectivity index (χ4n) is 3.28. The predicted octanol–water partition coefficient (Wildman–Crippen LogP) is 2.94. The second kappa shape index (κ2) is 12.0. The summed E-state index contributed by atoms with van der Waals surface area (Å²) in [5, 5.41) is 4.12.